The molecule has 4 rings (SSSR count). The molecule has 0 unspecified atom stereocenters. The molecular formula is C25H30F3N5O4S. The molecule has 0 radical (unpaired) electrons. The summed E-state index contributed by atoms with van der Waals surface area (Å²) in [5, 5.41) is 26.0. The Labute approximate surface area is 221 Å². The molecule has 1 saturated carbocycles. The van der Waals surface area contributed by atoms with Crippen molar-refractivity contribution < 1.29 is 32.7 Å². The van der Waals surface area contributed by atoms with Gasteiger partial charge in [-0.05, 0) is 50.6 Å². The largest absolute Gasteiger partial charge is 0.490 e. The van der Waals surface area contributed by atoms with E-state index in [1.807, 2.05) is 18.2 Å². The zero-order valence-electron chi connectivity index (χ0n) is 20.5. The summed E-state index contributed by atoms with van der Waals surface area (Å²) in [6, 6.07) is 9.78. The van der Waals surface area contributed by atoms with E-state index in [-0.39, 0.29) is 23.9 Å². The number of carbonyl (C=O) groups excluding carboxylic acids is 2. The Morgan fingerprint density at radius 1 is 1.13 bits per heavy atom. The normalized spacial score (nSPS) is 18.2. The maximum Gasteiger partial charge on any atom is 0.490 e. The van der Waals surface area contributed by atoms with Gasteiger partial charge in [-0.15, -0.1) is 10.2 Å². The Balaban J connectivity index is 0.000000505. The Kier molecular flexibility index (Phi) is 10.8. The molecule has 13 heteroatoms. The number of alkyl halides is 3. The van der Waals surface area contributed by atoms with Crippen molar-refractivity contribution in [3.63, 3.8) is 0 Å². The molecule has 2 amide bonds. The van der Waals surface area contributed by atoms with Crippen molar-refractivity contribution in [2.75, 3.05) is 11.9 Å². The van der Waals surface area contributed by atoms with Gasteiger partial charge >= 0.3 is 12.1 Å². The Morgan fingerprint density at radius 2 is 1.84 bits per heavy atom. The van der Waals surface area contributed by atoms with Crippen LogP contribution >= 0.6 is 11.3 Å². The van der Waals surface area contributed by atoms with Crippen molar-refractivity contribution >= 4 is 34.3 Å². The fourth-order valence-corrected chi connectivity index (χ4v) is 4.59. The number of anilines is 1. The van der Waals surface area contributed by atoms with Crippen LogP contribution in [0.3, 0.4) is 0 Å². The van der Waals surface area contributed by atoms with Gasteiger partial charge in [0.15, 0.2) is 0 Å². The lowest BCUT2D eigenvalue weighted by atomic mass is 10.0. The highest BCUT2D eigenvalue weighted by Gasteiger charge is 2.38. The van der Waals surface area contributed by atoms with Gasteiger partial charge in [-0.1, -0.05) is 54.2 Å². The molecule has 1 aromatic carbocycles. The van der Waals surface area contributed by atoms with Crippen molar-refractivity contribution in [2.45, 2.75) is 69.1 Å². The van der Waals surface area contributed by atoms with Gasteiger partial charge in [0.2, 0.25) is 16.9 Å². The molecule has 2 heterocycles. The van der Waals surface area contributed by atoms with Crippen LogP contribution in [0.4, 0.5) is 18.3 Å². The van der Waals surface area contributed by atoms with Crippen LogP contribution in [-0.2, 0) is 20.8 Å². The summed E-state index contributed by atoms with van der Waals surface area (Å²) in [7, 11) is 0. The second-order valence-corrected chi connectivity index (χ2v) is 10.0. The van der Waals surface area contributed by atoms with Gasteiger partial charge in [0, 0.05) is 18.0 Å². The molecule has 206 valence electrons. The third-order valence-corrected chi connectivity index (χ3v) is 6.86. The van der Waals surface area contributed by atoms with Crippen molar-refractivity contribution in [1.82, 2.24) is 20.8 Å². The number of hydrogen-bond donors (Lipinski definition) is 4. The third kappa shape index (κ3) is 10.2. The smallest absolute Gasteiger partial charge is 0.475 e. The maximum atomic E-state index is 12.7. The van der Waals surface area contributed by atoms with E-state index in [1.165, 1.54) is 23.0 Å². The van der Waals surface area contributed by atoms with Gasteiger partial charge < -0.3 is 15.7 Å². The molecule has 38 heavy (non-hydrogen) atoms. The lowest BCUT2D eigenvalue weighted by molar-refractivity contribution is -0.192. The molecular weight excluding hydrogens is 523 g/mol. The molecule has 0 spiro atoms. The average Bonchev–Trinajstić information content (AvgIpc) is 3.65. The predicted molar refractivity (Wildman–Crippen MR) is 136 cm³/mol. The van der Waals surface area contributed by atoms with E-state index < -0.39 is 12.1 Å². The number of nitrogens with zero attached hydrogens (tertiary/aromatic N) is 2. The van der Waals surface area contributed by atoms with Gasteiger partial charge in [-0.3, -0.25) is 14.9 Å². The van der Waals surface area contributed by atoms with Gasteiger partial charge in [0.05, 0.1) is 6.04 Å². The number of halogens is 3. The number of hydrogen-bond acceptors (Lipinski definition) is 7. The predicted octanol–water partition coefficient (Wildman–Crippen LogP) is 3.80. The van der Waals surface area contributed by atoms with Crippen LogP contribution in [0, 0.1) is 0 Å². The number of benzene rings is 1. The summed E-state index contributed by atoms with van der Waals surface area (Å²) in [4.78, 5) is 34.0. The Bertz CT molecular complexity index is 1100. The first-order chi connectivity index (χ1) is 18.1. The summed E-state index contributed by atoms with van der Waals surface area (Å²) in [5.74, 6) is -2.49. The molecule has 2 aromatic rings. The number of aromatic nitrogens is 2. The lowest BCUT2D eigenvalue weighted by Crippen LogP contribution is -2.49. The quantitative estimate of drug-likeness (QED) is 0.347. The van der Waals surface area contributed by atoms with E-state index in [2.05, 4.69) is 38.3 Å². The topological polar surface area (TPSA) is 133 Å². The molecule has 2 fully saturated rings. The highest BCUT2D eigenvalue weighted by molar-refractivity contribution is 7.15. The molecule has 1 aliphatic carbocycles. The number of nitrogens with one attached hydrogen (secondary N) is 3. The summed E-state index contributed by atoms with van der Waals surface area (Å²) in [6.07, 6.45) is 5.04. The molecule has 1 saturated heterocycles. The van der Waals surface area contributed by atoms with Crippen LogP contribution in [0.15, 0.2) is 42.5 Å². The van der Waals surface area contributed by atoms with E-state index in [0.717, 1.165) is 56.5 Å². The third-order valence-electron chi connectivity index (χ3n) is 5.86. The van der Waals surface area contributed by atoms with Gasteiger partial charge in [-0.25, -0.2) is 4.79 Å². The molecule has 0 bridgehead atoms. The highest BCUT2D eigenvalue weighted by atomic mass is 32.1. The number of aryl methyl sites for hydroxylation is 1. The van der Waals surface area contributed by atoms with Crippen LogP contribution in [0.5, 0.6) is 0 Å². The number of rotatable bonds is 9. The minimum Gasteiger partial charge on any atom is -0.475 e. The van der Waals surface area contributed by atoms with Gasteiger partial charge in [-0.2, -0.15) is 13.2 Å². The molecule has 4 N–H and O–H groups in total. The van der Waals surface area contributed by atoms with E-state index in [4.69, 9.17) is 9.90 Å². The van der Waals surface area contributed by atoms with Crippen LogP contribution in [-0.4, -0.2) is 57.9 Å². The maximum absolute atomic E-state index is 12.7. The first-order valence-corrected chi connectivity index (χ1v) is 13.1. The number of aliphatic carboxylic acids is 1. The number of carboxylic acid groups (broad SMARTS) is 1. The van der Waals surface area contributed by atoms with E-state index in [1.54, 1.807) is 6.08 Å². The minimum absolute atomic E-state index is 0.000943. The lowest BCUT2D eigenvalue weighted by Gasteiger charge is -2.25. The zero-order valence-corrected chi connectivity index (χ0v) is 21.4. The summed E-state index contributed by atoms with van der Waals surface area (Å²) >= 11 is 1.44. The van der Waals surface area contributed by atoms with Crippen molar-refractivity contribution in [2.24, 2.45) is 0 Å². The molecule has 1 aromatic heterocycles. The second kappa shape index (κ2) is 14.0. The van der Waals surface area contributed by atoms with Gasteiger partial charge in [0.1, 0.15) is 5.01 Å². The first kappa shape index (κ1) is 29.2. The summed E-state index contributed by atoms with van der Waals surface area (Å²) in [6.45, 7) is 0.871. The molecule has 2 aliphatic rings. The van der Waals surface area contributed by atoms with Gasteiger partial charge in [0.25, 0.3) is 0 Å². The van der Waals surface area contributed by atoms with Crippen LogP contribution < -0.4 is 16.0 Å². The zero-order chi connectivity index (χ0) is 27.5. The Morgan fingerprint density at radius 3 is 2.45 bits per heavy atom. The van der Waals surface area contributed by atoms with E-state index >= 15 is 0 Å². The van der Waals surface area contributed by atoms with Crippen LogP contribution in [0.2, 0.25) is 0 Å². The molecule has 9 nitrogen and oxygen atoms in total. The van der Waals surface area contributed by atoms with Crippen molar-refractivity contribution in [3.8, 4) is 0 Å². The average molecular weight is 554 g/mol. The molecule has 1 aliphatic heterocycles. The number of amides is 2. The van der Waals surface area contributed by atoms with E-state index in [0.29, 0.717) is 11.0 Å². The highest BCUT2D eigenvalue weighted by Crippen LogP contribution is 2.42. The number of carbonyl (C=O) groups is 3. The minimum atomic E-state index is -5.08. The van der Waals surface area contributed by atoms with Crippen LogP contribution in [0.25, 0.3) is 0 Å². The van der Waals surface area contributed by atoms with Crippen molar-refractivity contribution in [3.05, 3.63) is 53.1 Å². The number of piperidine rings is 1. The monoisotopic (exact) mass is 553 g/mol. The summed E-state index contributed by atoms with van der Waals surface area (Å²) < 4.78 is 31.7. The fraction of sp³-hybridized carbons (Fsp3) is 0.480. The standard InChI is InChI=1S/C23H29N5O2S.C2HF3O2/c29-20(26-23-28-27-22(31-23)17-10-11-17)14-13-18(12-9-16-6-2-1-3-7-16)25-21(30)19-8-4-5-15-24-19;3-2(4,5)1(6)7/h1-3,6-7,13-14,17-19,24H,4-5,8-12,15H2,(H,25,30)(H,26,28,29);(H,6,7)/t18-,19-;/m0./s1. The SMILES string of the molecule is O=C(C=C[C@H](CCc1ccccc1)NC(=O)[C@@H]1CCCCN1)Nc1nnc(C2CC2)s1.O=C(O)C(F)(F)F. The first-order valence-electron chi connectivity index (χ1n) is 12.3. The summed E-state index contributed by atoms with van der Waals surface area (Å²) in [5.41, 5.74) is 1.21. The van der Waals surface area contributed by atoms with Crippen LogP contribution in [0.1, 0.15) is 55.0 Å². The fourth-order valence-electron chi connectivity index (χ4n) is 3.67. The van der Waals surface area contributed by atoms with Crippen molar-refractivity contribution in [1.29, 1.82) is 0 Å². The number of carboxylic acids is 1. The second-order valence-electron chi connectivity index (χ2n) is 9.01. The molecule has 2 atom stereocenters. The Hall–Kier alpha value is -3.32. The van der Waals surface area contributed by atoms with E-state index in [9.17, 15) is 22.8 Å².